The average molecular weight is 338 g/mol. The summed E-state index contributed by atoms with van der Waals surface area (Å²) in [6, 6.07) is 12.1. The molecule has 132 valence electrons. The largest absolute Gasteiger partial charge is 0.354 e. The fourth-order valence-corrected chi connectivity index (χ4v) is 3.14. The van der Waals surface area contributed by atoms with Gasteiger partial charge in [0.15, 0.2) is 0 Å². The van der Waals surface area contributed by atoms with Gasteiger partial charge in [-0.2, -0.15) is 0 Å². The molecule has 1 aromatic heterocycles. The van der Waals surface area contributed by atoms with Crippen LogP contribution in [0.2, 0.25) is 0 Å². The van der Waals surface area contributed by atoms with Gasteiger partial charge in [-0.15, -0.1) is 0 Å². The van der Waals surface area contributed by atoms with Crippen molar-refractivity contribution in [2.75, 3.05) is 25.0 Å². The Kier molecular flexibility index (Phi) is 6.37. The third-order valence-electron chi connectivity index (χ3n) is 4.54. The zero-order chi connectivity index (χ0) is 17.3. The van der Waals surface area contributed by atoms with Crippen LogP contribution in [0.5, 0.6) is 0 Å². The van der Waals surface area contributed by atoms with Crippen molar-refractivity contribution in [3.63, 3.8) is 0 Å². The number of hydrogen-bond acceptors (Lipinski definition) is 4. The number of carbonyl (C=O) groups is 1. The molecule has 1 aliphatic rings. The van der Waals surface area contributed by atoms with E-state index in [4.69, 9.17) is 0 Å². The zero-order valence-corrected chi connectivity index (χ0v) is 14.7. The van der Waals surface area contributed by atoms with Crippen molar-refractivity contribution in [3.05, 3.63) is 53.9 Å². The van der Waals surface area contributed by atoms with E-state index in [2.05, 4.69) is 39.6 Å². The van der Waals surface area contributed by atoms with Gasteiger partial charge in [-0.25, -0.2) is 9.97 Å². The molecular weight excluding hydrogens is 312 g/mol. The zero-order valence-electron chi connectivity index (χ0n) is 14.7. The highest BCUT2D eigenvalue weighted by Gasteiger charge is 2.18. The number of likely N-dealkylation sites (tertiary alicyclic amines) is 1. The molecule has 1 fully saturated rings. The molecule has 1 aromatic carbocycles. The molecule has 3 rings (SSSR count). The fraction of sp³-hybridized carbons (Fsp3) is 0.450. The molecule has 25 heavy (non-hydrogen) atoms. The third kappa shape index (κ3) is 5.28. The highest BCUT2D eigenvalue weighted by molar-refractivity contribution is 5.92. The summed E-state index contributed by atoms with van der Waals surface area (Å²) >= 11 is 0. The Labute approximate surface area is 149 Å². The second kappa shape index (κ2) is 9.16. The normalized spacial score (nSPS) is 14.8. The minimum atomic E-state index is 0.0247. The quantitative estimate of drug-likeness (QED) is 0.819. The highest BCUT2D eigenvalue weighted by atomic mass is 16.2. The molecule has 0 unspecified atom stereocenters. The number of nitrogens with zero attached hydrogens (tertiary/aromatic N) is 3. The molecule has 5 nitrogen and oxygen atoms in total. The van der Waals surface area contributed by atoms with Crippen molar-refractivity contribution in [2.45, 2.75) is 38.5 Å². The number of carbonyl (C=O) groups excluding carboxylic acids is 1. The first kappa shape index (κ1) is 17.4. The molecule has 0 aliphatic carbocycles. The Morgan fingerprint density at radius 1 is 1.04 bits per heavy atom. The van der Waals surface area contributed by atoms with Crippen LogP contribution in [0, 0.1) is 0 Å². The van der Waals surface area contributed by atoms with Crippen molar-refractivity contribution < 1.29 is 4.79 Å². The number of hydrogen-bond donors (Lipinski definition) is 1. The first-order valence-electron chi connectivity index (χ1n) is 9.23. The molecule has 0 spiro atoms. The van der Waals surface area contributed by atoms with Gasteiger partial charge in [-0.05, 0) is 37.3 Å². The minimum absolute atomic E-state index is 0.0247. The number of rotatable bonds is 6. The van der Waals surface area contributed by atoms with Crippen LogP contribution in [0.25, 0.3) is 0 Å². The lowest BCUT2D eigenvalue weighted by molar-refractivity contribution is 0.0755. The summed E-state index contributed by atoms with van der Waals surface area (Å²) in [5, 5.41) is 3.23. The number of aromatic nitrogens is 2. The Hall–Kier alpha value is -2.43. The summed E-state index contributed by atoms with van der Waals surface area (Å²) in [5.41, 5.74) is 1.82. The van der Waals surface area contributed by atoms with Gasteiger partial charge in [0, 0.05) is 25.8 Å². The standard InChI is InChI=1S/C20H26N4O/c25-19(24-15-6-1-2-7-16-24)18-12-14-22-20(23-18)21-13-8-11-17-9-4-3-5-10-17/h3-5,9-10,12,14H,1-2,6-8,11,13,15-16H2,(H,21,22,23). The van der Waals surface area contributed by atoms with Crippen LogP contribution >= 0.6 is 0 Å². The molecule has 1 saturated heterocycles. The SMILES string of the molecule is O=C(c1ccnc(NCCCc2ccccc2)n1)N1CCCCCC1. The van der Waals surface area contributed by atoms with E-state index in [1.165, 1.54) is 18.4 Å². The van der Waals surface area contributed by atoms with Crippen molar-refractivity contribution in [2.24, 2.45) is 0 Å². The van der Waals surface area contributed by atoms with Crippen LogP contribution < -0.4 is 5.32 Å². The van der Waals surface area contributed by atoms with E-state index in [-0.39, 0.29) is 5.91 Å². The predicted octanol–water partition coefficient (Wildman–Crippen LogP) is 3.54. The van der Waals surface area contributed by atoms with E-state index in [0.29, 0.717) is 11.6 Å². The van der Waals surface area contributed by atoms with E-state index in [1.54, 1.807) is 12.3 Å². The molecule has 2 aromatic rings. The maximum atomic E-state index is 12.6. The summed E-state index contributed by atoms with van der Waals surface area (Å²) in [4.78, 5) is 23.2. The van der Waals surface area contributed by atoms with Crippen molar-refractivity contribution in [1.29, 1.82) is 0 Å². The fourth-order valence-electron chi connectivity index (χ4n) is 3.14. The first-order valence-corrected chi connectivity index (χ1v) is 9.23. The summed E-state index contributed by atoms with van der Waals surface area (Å²) in [7, 11) is 0. The molecule has 5 heteroatoms. The predicted molar refractivity (Wildman–Crippen MR) is 99.7 cm³/mol. The lowest BCUT2D eigenvalue weighted by Gasteiger charge is -2.19. The Morgan fingerprint density at radius 3 is 2.56 bits per heavy atom. The van der Waals surface area contributed by atoms with Crippen LogP contribution in [0.3, 0.4) is 0 Å². The maximum Gasteiger partial charge on any atom is 0.272 e. The van der Waals surface area contributed by atoms with Gasteiger partial charge < -0.3 is 10.2 Å². The average Bonchev–Trinajstić information content (AvgIpc) is 2.95. The van der Waals surface area contributed by atoms with E-state index >= 15 is 0 Å². The molecule has 1 N–H and O–H groups in total. The summed E-state index contributed by atoms with van der Waals surface area (Å²) in [5.74, 6) is 0.561. The Bertz CT molecular complexity index is 666. The molecular formula is C20H26N4O. The Morgan fingerprint density at radius 2 is 1.80 bits per heavy atom. The van der Waals surface area contributed by atoms with Gasteiger partial charge in [0.1, 0.15) is 5.69 Å². The molecule has 1 aliphatic heterocycles. The van der Waals surface area contributed by atoms with Gasteiger partial charge in [-0.1, -0.05) is 43.2 Å². The second-order valence-electron chi connectivity index (χ2n) is 6.49. The molecule has 0 bridgehead atoms. The summed E-state index contributed by atoms with van der Waals surface area (Å²) in [6.45, 7) is 2.46. The van der Waals surface area contributed by atoms with E-state index in [9.17, 15) is 4.79 Å². The lowest BCUT2D eigenvalue weighted by atomic mass is 10.1. The number of amides is 1. The van der Waals surface area contributed by atoms with Crippen LogP contribution in [-0.4, -0.2) is 40.4 Å². The highest BCUT2D eigenvalue weighted by Crippen LogP contribution is 2.13. The number of benzene rings is 1. The minimum Gasteiger partial charge on any atom is -0.354 e. The van der Waals surface area contributed by atoms with E-state index in [0.717, 1.165) is 45.3 Å². The van der Waals surface area contributed by atoms with E-state index < -0.39 is 0 Å². The Balaban J connectivity index is 1.51. The number of aryl methyl sites for hydroxylation is 1. The maximum absolute atomic E-state index is 12.6. The summed E-state index contributed by atoms with van der Waals surface area (Å²) < 4.78 is 0. The van der Waals surface area contributed by atoms with Crippen LogP contribution in [0.4, 0.5) is 5.95 Å². The van der Waals surface area contributed by atoms with Gasteiger partial charge in [-0.3, -0.25) is 4.79 Å². The van der Waals surface area contributed by atoms with Crippen LogP contribution in [-0.2, 0) is 6.42 Å². The number of anilines is 1. The van der Waals surface area contributed by atoms with Gasteiger partial charge in [0.25, 0.3) is 5.91 Å². The molecule has 0 atom stereocenters. The van der Waals surface area contributed by atoms with E-state index in [1.807, 2.05) is 11.0 Å². The molecule has 2 heterocycles. The van der Waals surface area contributed by atoms with Crippen molar-refractivity contribution >= 4 is 11.9 Å². The van der Waals surface area contributed by atoms with Crippen molar-refractivity contribution in [3.8, 4) is 0 Å². The lowest BCUT2D eigenvalue weighted by Crippen LogP contribution is -2.32. The summed E-state index contributed by atoms with van der Waals surface area (Å²) in [6.07, 6.45) is 8.27. The molecule has 0 saturated carbocycles. The topological polar surface area (TPSA) is 58.1 Å². The van der Waals surface area contributed by atoms with Gasteiger partial charge in [0.2, 0.25) is 5.95 Å². The van der Waals surface area contributed by atoms with Crippen molar-refractivity contribution in [1.82, 2.24) is 14.9 Å². The number of nitrogens with one attached hydrogen (secondary N) is 1. The molecule has 0 radical (unpaired) electrons. The van der Waals surface area contributed by atoms with Crippen LogP contribution in [0.1, 0.15) is 48.2 Å². The second-order valence-corrected chi connectivity index (χ2v) is 6.49. The molecule has 1 amide bonds. The smallest absolute Gasteiger partial charge is 0.272 e. The monoisotopic (exact) mass is 338 g/mol. The third-order valence-corrected chi connectivity index (χ3v) is 4.54. The first-order chi connectivity index (χ1) is 12.3. The van der Waals surface area contributed by atoms with Gasteiger partial charge in [0.05, 0.1) is 0 Å². The van der Waals surface area contributed by atoms with Crippen LogP contribution in [0.15, 0.2) is 42.6 Å². The van der Waals surface area contributed by atoms with Gasteiger partial charge >= 0.3 is 0 Å².